The molecule has 102 valence electrons. The molecule has 0 unspecified atom stereocenters. The maximum Gasteiger partial charge on any atom is 0.241 e. The van der Waals surface area contributed by atoms with Gasteiger partial charge in [-0.3, -0.25) is 15.4 Å². The highest BCUT2D eigenvalue weighted by Gasteiger charge is 2.59. The summed E-state index contributed by atoms with van der Waals surface area (Å²) >= 11 is 0. The zero-order valence-electron chi connectivity index (χ0n) is 11.7. The molecule has 1 amide bonds. The van der Waals surface area contributed by atoms with E-state index in [0.29, 0.717) is 12.7 Å². The topological polar surface area (TPSA) is 53.2 Å². The molecule has 0 saturated heterocycles. The molecule has 0 bridgehead atoms. The Morgan fingerprint density at radius 2 is 2.11 bits per heavy atom. The zero-order valence-corrected chi connectivity index (χ0v) is 11.7. The fraction of sp³-hybridized carbons (Fsp3) is 0.786. The van der Waals surface area contributed by atoms with E-state index in [0.717, 1.165) is 6.42 Å². The summed E-state index contributed by atoms with van der Waals surface area (Å²) in [6, 6.07) is 0.617. The summed E-state index contributed by atoms with van der Waals surface area (Å²) in [6.07, 6.45) is 5.20. The highest BCUT2D eigenvalue weighted by atomic mass is 16.2. The number of rotatable bonds is 6. The van der Waals surface area contributed by atoms with E-state index < -0.39 is 5.54 Å². The Morgan fingerprint density at radius 1 is 1.44 bits per heavy atom. The predicted molar refractivity (Wildman–Crippen MR) is 73.1 cm³/mol. The Morgan fingerprint density at radius 3 is 2.56 bits per heavy atom. The van der Waals surface area contributed by atoms with E-state index >= 15 is 0 Å². The Balaban J connectivity index is 1.88. The minimum absolute atomic E-state index is 0.0704. The van der Waals surface area contributed by atoms with Crippen molar-refractivity contribution in [1.29, 1.82) is 0 Å². The van der Waals surface area contributed by atoms with Crippen LogP contribution in [0.5, 0.6) is 0 Å². The molecular formula is C14H25N3O. The highest BCUT2D eigenvalue weighted by Crippen LogP contribution is 2.45. The predicted octanol–water partition coefficient (Wildman–Crippen LogP) is 1.14. The number of carbonyl (C=O) groups is 1. The molecule has 18 heavy (non-hydrogen) atoms. The van der Waals surface area contributed by atoms with Crippen LogP contribution in [0, 0.1) is 5.92 Å². The number of amides is 1. The van der Waals surface area contributed by atoms with E-state index in [2.05, 4.69) is 43.3 Å². The molecule has 4 nitrogen and oxygen atoms in total. The second-order valence-corrected chi connectivity index (χ2v) is 6.55. The second kappa shape index (κ2) is 4.67. The van der Waals surface area contributed by atoms with Crippen molar-refractivity contribution in [2.45, 2.75) is 57.2 Å². The summed E-state index contributed by atoms with van der Waals surface area (Å²) < 4.78 is 0. The van der Waals surface area contributed by atoms with Gasteiger partial charge in [0, 0.05) is 17.5 Å². The van der Waals surface area contributed by atoms with Crippen LogP contribution in [-0.4, -0.2) is 29.7 Å². The Kier molecular flexibility index (Phi) is 3.52. The average molecular weight is 251 g/mol. The summed E-state index contributed by atoms with van der Waals surface area (Å²) in [5.41, 5.74) is -0.510. The molecule has 0 aromatic carbocycles. The summed E-state index contributed by atoms with van der Waals surface area (Å²) in [5, 5.41) is 9.73. The molecule has 0 aromatic rings. The smallest absolute Gasteiger partial charge is 0.241 e. The maximum absolute atomic E-state index is 12.3. The number of nitrogens with one attached hydrogen (secondary N) is 3. The first kappa shape index (κ1) is 13.6. The summed E-state index contributed by atoms with van der Waals surface area (Å²) in [4.78, 5) is 12.3. The fourth-order valence-electron chi connectivity index (χ4n) is 2.42. The van der Waals surface area contributed by atoms with Crippen LogP contribution in [-0.2, 0) is 4.79 Å². The molecule has 0 aromatic heterocycles. The highest BCUT2D eigenvalue weighted by molar-refractivity contribution is 5.90. The van der Waals surface area contributed by atoms with Gasteiger partial charge in [0.2, 0.25) is 5.91 Å². The lowest BCUT2D eigenvalue weighted by atomic mass is 10.0. The van der Waals surface area contributed by atoms with Gasteiger partial charge < -0.3 is 5.32 Å². The largest absolute Gasteiger partial charge is 0.342 e. The fourth-order valence-corrected chi connectivity index (χ4v) is 2.42. The Bertz CT molecular complexity index is 343. The monoisotopic (exact) mass is 251 g/mol. The lowest BCUT2D eigenvalue weighted by molar-refractivity contribution is -0.125. The first-order chi connectivity index (χ1) is 8.37. The van der Waals surface area contributed by atoms with Gasteiger partial charge in [0.1, 0.15) is 5.54 Å². The first-order valence-corrected chi connectivity index (χ1v) is 6.81. The van der Waals surface area contributed by atoms with Crippen LogP contribution in [0.3, 0.4) is 0 Å². The third kappa shape index (κ3) is 3.12. The van der Waals surface area contributed by atoms with Gasteiger partial charge in [-0.2, -0.15) is 0 Å². The average Bonchev–Trinajstić information content (AvgIpc) is 3.11. The quantitative estimate of drug-likeness (QED) is 0.490. The lowest BCUT2D eigenvalue weighted by Gasteiger charge is -2.28. The van der Waals surface area contributed by atoms with Gasteiger partial charge in [-0.05, 0) is 40.0 Å². The third-order valence-electron chi connectivity index (χ3n) is 3.52. The van der Waals surface area contributed by atoms with E-state index in [4.69, 9.17) is 0 Å². The van der Waals surface area contributed by atoms with Gasteiger partial charge in [0.15, 0.2) is 0 Å². The molecule has 2 saturated carbocycles. The van der Waals surface area contributed by atoms with Gasteiger partial charge in [-0.15, -0.1) is 6.58 Å². The molecule has 4 heteroatoms. The van der Waals surface area contributed by atoms with Crippen LogP contribution < -0.4 is 16.0 Å². The van der Waals surface area contributed by atoms with Gasteiger partial charge in [0.05, 0.1) is 6.67 Å². The maximum atomic E-state index is 12.3. The minimum atomic E-state index is -0.439. The van der Waals surface area contributed by atoms with Crippen molar-refractivity contribution < 1.29 is 4.79 Å². The van der Waals surface area contributed by atoms with Crippen LogP contribution in [0.4, 0.5) is 0 Å². The number of hydrogen-bond donors (Lipinski definition) is 3. The normalized spacial score (nSPS) is 30.9. The second-order valence-electron chi connectivity index (χ2n) is 6.55. The number of carbonyl (C=O) groups excluding carboxylic acids is 1. The van der Waals surface area contributed by atoms with E-state index in [9.17, 15) is 4.79 Å². The van der Waals surface area contributed by atoms with Crippen LogP contribution >= 0.6 is 0 Å². The van der Waals surface area contributed by atoms with Crippen molar-refractivity contribution in [3.05, 3.63) is 12.7 Å². The minimum Gasteiger partial charge on any atom is -0.342 e. The zero-order chi connectivity index (χ0) is 13.4. The van der Waals surface area contributed by atoms with E-state index in [-0.39, 0.29) is 17.4 Å². The summed E-state index contributed by atoms with van der Waals surface area (Å²) in [6.45, 7) is 10.6. The molecule has 0 aliphatic heterocycles. The molecule has 0 radical (unpaired) electrons. The van der Waals surface area contributed by atoms with Crippen molar-refractivity contribution in [3.63, 3.8) is 0 Å². The Hall–Kier alpha value is -0.870. The lowest BCUT2D eigenvalue weighted by Crippen LogP contribution is -2.56. The van der Waals surface area contributed by atoms with Crippen molar-refractivity contribution in [2.24, 2.45) is 5.92 Å². The summed E-state index contributed by atoms with van der Waals surface area (Å²) in [5.74, 6) is 0.341. The summed E-state index contributed by atoms with van der Waals surface area (Å²) in [7, 11) is 0. The van der Waals surface area contributed by atoms with Gasteiger partial charge in [-0.25, -0.2) is 0 Å². The van der Waals surface area contributed by atoms with Crippen molar-refractivity contribution >= 4 is 5.91 Å². The first-order valence-electron chi connectivity index (χ1n) is 6.81. The van der Waals surface area contributed by atoms with E-state index in [1.807, 2.05) is 6.08 Å². The van der Waals surface area contributed by atoms with Crippen molar-refractivity contribution in [2.75, 3.05) is 6.67 Å². The molecule has 0 spiro atoms. The van der Waals surface area contributed by atoms with Gasteiger partial charge in [0.25, 0.3) is 0 Å². The molecule has 0 heterocycles. The van der Waals surface area contributed by atoms with Crippen LogP contribution in [0.25, 0.3) is 0 Å². The molecule has 2 atom stereocenters. The molecule has 2 aliphatic carbocycles. The molecule has 2 aliphatic rings. The van der Waals surface area contributed by atoms with Crippen LogP contribution in [0.15, 0.2) is 12.7 Å². The van der Waals surface area contributed by atoms with E-state index in [1.54, 1.807) is 0 Å². The Labute approximate surface area is 110 Å². The van der Waals surface area contributed by atoms with Crippen LogP contribution in [0.1, 0.15) is 40.0 Å². The van der Waals surface area contributed by atoms with Crippen molar-refractivity contribution in [3.8, 4) is 0 Å². The van der Waals surface area contributed by atoms with E-state index in [1.165, 1.54) is 12.8 Å². The molecule has 2 rings (SSSR count). The standard InChI is InChI=1S/C14H25N3O/c1-5-10-8-14(10,17-13(2,3)4)12(18)16-9-15-11-6-7-11/h5,10-11,15,17H,1,6-9H2,2-4H3,(H,16,18)/t10-,14-/m1/s1. The number of hydrogen-bond acceptors (Lipinski definition) is 3. The third-order valence-corrected chi connectivity index (χ3v) is 3.52. The molecule has 2 fully saturated rings. The van der Waals surface area contributed by atoms with Crippen LogP contribution in [0.2, 0.25) is 0 Å². The van der Waals surface area contributed by atoms with Crippen molar-refractivity contribution in [1.82, 2.24) is 16.0 Å². The van der Waals surface area contributed by atoms with Gasteiger partial charge in [-0.1, -0.05) is 6.08 Å². The molecule has 3 N–H and O–H groups in total. The van der Waals surface area contributed by atoms with Gasteiger partial charge >= 0.3 is 0 Å². The SMILES string of the molecule is C=C[C@@H]1C[C@]1(NC(C)(C)C)C(=O)NCNC1CC1. The molecular weight excluding hydrogens is 226 g/mol.